The average molecular weight is 346 g/mol. The number of benzene rings is 3. The Bertz CT molecular complexity index is 861. The first-order valence-electron chi connectivity index (χ1n) is 8.53. The van der Waals surface area contributed by atoms with E-state index in [0.29, 0.717) is 0 Å². The predicted molar refractivity (Wildman–Crippen MR) is 107 cm³/mol. The minimum absolute atomic E-state index is 0.0933. The van der Waals surface area contributed by atoms with Crippen LogP contribution in [0.25, 0.3) is 11.1 Å². The van der Waals surface area contributed by atoms with E-state index in [1.165, 1.54) is 0 Å². The monoisotopic (exact) mass is 346 g/mol. The molecule has 0 spiro atoms. The Morgan fingerprint density at radius 1 is 0.885 bits per heavy atom. The zero-order chi connectivity index (χ0) is 18.4. The number of hydrogen-bond acceptors (Lipinski definition) is 3. The van der Waals surface area contributed by atoms with Gasteiger partial charge in [-0.25, -0.2) is 0 Å². The van der Waals surface area contributed by atoms with Crippen LogP contribution in [-0.4, -0.2) is 19.1 Å². The van der Waals surface area contributed by atoms with Gasteiger partial charge in [-0.15, -0.1) is 0 Å². The van der Waals surface area contributed by atoms with Crippen LogP contribution in [0.1, 0.15) is 6.92 Å². The molecule has 0 aliphatic rings. The number of rotatable bonds is 6. The summed E-state index contributed by atoms with van der Waals surface area (Å²) in [6, 6.07) is 24.9. The molecule has 0 fully saturated rings. The summed E-state index contributed by atoms with van der Waals surface area (Å²) < 4.78 is 5.15. The zero-order valence-corrected chi connectivity index (χ0v) is 14.9. The normalized spacial score (nSPS) is 11.5. The van der Waals surface area contributed by atoms with Gasteiger partial charge in [0.15, 0.2) is 0 Å². The van der Waals surface area contributed by atoms with Gasteiger partial charge < -0.3 is 15.4 Å². The number of para-hydroxylation sites is 1. The first-order chi connectivity index (χ1) is 12.7. The molecule has 4 nitrogen and oxygen atoms in total. The van der Waals surface area contributed by atoms with Crippen LogP contribution in [0.15, 0.2) is 78.9 Å². The van der Waals surface area contributed by atoms with Crippen LogP contribution in [0.2, 0.25) is 0 Å². The van der Waals surface area contributed by atoms with Crippen molar-refractivity contribution in [2.75, 3.05) is 17.7 Å². The molecule has 0 saturated heterocycles. The van der Waals surface area contributed by atoms with Crippen molar-refractivity contribution in [3.63, 3.8) is 0 Å². The van der Waals surface area contributed by atoms with Crippen molar-refractivity contribution in [3.05, 3.63) is 78.9 Å². The Kier molecular flexibility index (Phi) is 5.54. The van der Waals surface area contributed by atoms with Gasteiger partial charge in [0.25, 0.3) is 0 Å². The predicted octanol–water partition coefficient (Wildman–Crippen LogP) is 4.80. The first-order valence-corrected chi connectivity index (χ1v) is 8.53. The van der Waals surface area contributed by atoms with Crippen molar-refractivity contribution in [3.8, 4) is 16.9 Å². The molecule has 0 aliphatic heterocycles. The van der Waals surface area contributed by atoms with Crippen molar-refractivity contribution in [1.82, 2.24) is 0 Å². The first kappa shape index (κ1) is 17.5. The smallest absolute Gasteiger partial charge is 0.246 e. The third-order valence-electron chi connectivity index (χ3n) is 4.14. The molecule has 0 heterocycles. The summed E-state index contributed by atoms with van der Waals surface area (Å²) >= 11 is 0. The fourth-order valence-corrected chi connectivity index (χ4v) is 2.71. The zero-order valence-electron chi connectivity index (χ0n) is 14.9. The molecule has 132 valence electrons. The van der Waals surface area contributed by atoms with Crippen molar-refractivity contribution in [1.29, 1.82) is 0 Å². The minimum atomic E-state index is -0.382. The topological polar surface area (TPSA) is 50.4 Å². The van der Waals surface area contributed by atoms with E-state index in [0.717, 1.165) is 28.3 Å². The standard InChI is InChI=1S/C22H22N2O2/c1-16(23-18-12-14-19(26-2)15-13-18)22(25)24-21-11-7-6-10-20(21)17-8-4-3-5-9-17/h3-16,23H,1-2H3,(H,24,25)/t16-/m0/s1. The number of nitrogens with one attached hydrogen (secondary N) is 2. The van der Waals surface area contributed by atoms with E-state index in [-0.39, 0.29) is 11.9 Å². The Morgan fingerprint density at radius 3 is 2.23 bits per heavy atom. The summed E-state index contributed by atoms with van der Waals surface area (Å²) in [6.45, 7) is 1.84. The Morgan fingerprint density at radius 2 is 1.54 bits per heavy atom. The maximum Gasteiger partial charge on any atom is 0.246 e. The summed E-state index contributed by atoms with van der Waals surface area (Å²) in [5.74, 6) is 0.689. The van der Waals surface area contributed by atoms with Crippen molar-refractivity contribution >= 4 is 17.3 Å². The summed E-state index contributed by atoms with van der Waals surface area (Å²) in [7, 11) is 1.63. The van der Waals surface area contributed by atoms with Gasteiger partial charge >= 0.3 is 0 Å². The quantitative estimate of drug-likeness (QED) is 0.674. The van der Waals surface area contributed by atoms with Crippen LogP contribution in [0, 0.1) is 0 Å². The number of anilines is 2. The summed E-state index contributed by atoms with van der Waals surface area (Å²) in [6.07, 6.45) is 0. The lowest BCUT2D eigenvalue weighted by Crippen LogP contribution is -2.32. The minimum Gasteiger partial charge on any atom is -0.497 e. The van der Waals surface area contributed by atoms with Crippen LogP contribution >= 0.6 is 0 Å². The van der Waals surface area contributed by atoms with E-state index in [4.69, 9.17) is 4.74 Å². The second kappa shape index (κ2) is 8.21. The van der Waals surface area contributed by atoms with E-state index in [9.17, 15) is 4.79 Å². The van der Waals surface area contributed by atoms with E-state index in [2.05, 4.69) is 10.6 Å². The van der Waals surface area contributed by atoms with Gasteiger partial charge in [-0.05, 0) is 42.8 Å². The molecule has 3 aromatic rings. The lowest BCUT2D eigenvalue weighted by atomic mass is 10.0. The van der Waals surface area contributed by atoms with Crippen molar-refractivity contribution in [2.45, 2.75) is 13.0 Å². The van der Waals surface area contributed by atoms with Crippen LogP contribution in [0.3, 0.4) is 0 Å². The highest BCUT2D eigenvalue weighted by molar-refractivity contribution is 5.99. The summed E-state index contributed by atoms with van der Waals surface area (Å²) in [4.78, 5) is 12.6. The van der Waals surface area contributed by atoms with Gasteiger partial charge in [0.2, 0.25) is 5.91 Å². The van der Waals surface area contributed by atoms with E-state index < -0.39 is 0 Å². The van der Waals surface area contributed by atoms with Gasteiger partial charge in [-0.2, -0.15) is 0 Å². The molecule has 0 aliphatic carbocycles. The number of methoxy groups -OCH3 is 1. The van der Waals surface area contributed by atoms with Gasteiger partial charge in [0.1, 0.15) is 11.8 Å². The third kappa shape index (κ3) is 4.22. The van der Waals surface area contributed by atoms with Crippen LogP contribution in [0.5, 0.6) is 5.75 Å². The van der Waals surface area contributed by atoms with Gasteiger partial charge in [-0.3, -0.25) is 4.79 Å². The molecule has 26 heavy (non-hydrogen) atoms. The Balaban J connectivity index is 1.71. The molecule has 0 unspecified atom stereocenters. The van der Waals surface area contributed by atoms with Crippen molar-refractivity contribution < 1.29 is 9.53 Å². The third-order valence-corrected chi connectivity index (χ3v) is 4.14. The Labute approximate surface area is 153 Å². The number of amides is 1. The van der Waals surface area contributed by atoms with E-state index in [1.54, 1.807) is 7.11 Å². The number of carbonyl (C=O) groups excluding carboxylic acids is 1. The highest BCUT2D eigenvalue weighted by atomic mass is 16.5. The van der Waals surface area contributed by atoms with E-state index in [1.807, 2.05) is 85.8 Å². The highest BCUT2D eigenvalue weighted by Gasteiger charge is 2.15. The molecule has 0 saturated carbocycles. The SMILES string of the molecule is COc1ccc(N[C@@H](C)C(=O)Nc2ccccc2-c2ccccc2)cc1. The van der Waals surface area contributed by atoms with Gasteiger partial charge in [0, 0.05) is 16.9 Å². The molecule has 1 amide bonds. The maximum atomic E-state index is 12.6. The lowest BCUT2D eigenvalue weighted by Gasteiger charge is -2.17. The van der Waals surface area contributed by atoms with Gasteiger partial charge in [-0.1, -0.05) is 48.5 Å². The van der Waals surface area contributed by atoms with Crippen LogP contribution in [0.4, 0.5) is 11.4 Å². The summed E-state index contributed by atoms with van der Waals surface area (Å²) in [5, 5.41) is 6.23. The molecular weight excluding hydrogens is 324 g/mol. The Hall–Kier alpha value is -3.27. The molecule has 2 N–H and O–H groups in total. The van der Waals surface area contributed by atoms with E-state index >= 15 is 0 Å². The molecule has 3 rings (SSSR count). The molecule has 0 bridgehead atoms. The van der Waals surface area contributed by atoms with Gasteiger partial charge in [0.05, 0.1) is 7.11 Å². The number of ether oxygens (including phenoxy) is 1. The second-order valence-corrected chi connectivity index (χ2v) is 6.00. The fraction of sp³-hybridized carbons (Fsp3) is 0.136. The largest absolute Gasteiger partial charge is 0.497 e. The maximum absolute atomic E-state index is 12.6. The van der Waals surface area contributed by atoms with Crippen molar-refractivity contribution in [2.24, 2.45) is 0 Å². The average Bonchev–Trinajstić information content (AvgIpc) is 2.69. The molecule has 1 atom stereocenters. The lowest BCUT2D eigenvalue weighted by molar-refractivity contribution is -0.116. The highest BCUT2D eigenvalue weighted by Crippen LogP contribution is 2.27. The second-order valence-electron chi connectivity index (χ2n) is 6.00. The number of hydrogen-bond donors (Lipinski definition) is 2. The van der Waals surface area contributed by atoms with Crippen LogP contribution < -0.4 is 15.4 Å². The molecule has 4 heteroatoms. The van der Waals surface area contributed by atoms with Crippen LogP contribution in [-0.2, 0) is 4.79 Å². The molecule has 3 aromatic carbocycles. The summed E-state index contributed by atoms with van der Waals surface area (Å²) in [5.41, 5.74) is 3.73. The molecule has 0 aromatic heterocycles. The number of carbonyl (C=O) groups is 1. The molecular formula is C22H22N2O2. The molecule has 0 radical (unpaired) electrons. The fourth-order valence-electron chi connectivity index (χ4n) is 2.71.